The predicted molar refractivity (Wildman–Crippen MR) is 46.9 cm³/mol. The summed E-state index contributed by atoms with van der Waals surface area (Å²) in [4.78, 5) is 0. The van der Waals surface area contributed by atoms with E-state index in [0.29, 0.717) is 13.2 Å². The first-order valence-corrected chi connectivity index (χ1v) is 4.34. The summed E-state index contributed by atoms with van der Waals surface area (Å²) in [5.74, 6) is 1.56. The second-order valence-electron chi connectivity index (χ2n) is 2.98. The summed E-state index contributed by atoms with van der Waals surface area (Å²) in [7, 11) is 0. The number of fused-ring (bicyclic) bond motifs is 1. The largest absolute Gasteiger partial charge is 0.454 e. The summed E-state index contributed by atoms with van der Waals surface area (Å²) < 4.78 is 22.3. The van der Waals surface area contributed by atoms with Crippen LogP contribution in [0.3, 0.4) is 0 Å². The fourth-order valence-corrected chi connectivity index (χ4v) is 1.37. The van der Waals surface area contributed by atoms with Crippen molar-refractivity contribution in [2.45, 2.75) is 12.8 Å². The second kappa shape index (κ2) is 3.64. The number of halogens is 1. The van der Waals surface area contributed by atoms with Gasteiger partial charge in [0.1, 0.15) is 0 Å². The summed E-state index contributed by atoms with van der Waals surface area (Å²) in [5.41, 5.74) is 1.10. The molecule has 2 rings (SSSR count). The van der Waals surface area contributed by atoms with Crippen LogP contribution in [0.15, 0.2) is 18.2 Å². The van der Waals surface area contributed by atoms with Crippen molar-refractivity contribution in [1.29, 1.82) is 0 Å². The van der Waals surface area contributed by atoms with Crippen molar-refractivity contribution in [2.24, 2.45) is 0 Å². The van der Waals surface area contributed by atoms with Gasteiger partial charge in [-0.2, -0.15) is 0 Å². The highest BCUT2D eigenvalue weighted by Gasteiger charge is 2.12. The molecule has 70 valence electrons. The van der Waals surface area contributed by atoms with Crippen molar-refractivity contribution < 1.29 is 13.9 Å². The normalized spacial score (nSPS) is 13.3. The van der Waals surface area contributed by atoms with Gasteiger partial charge in [0.2, 0.25) is 6.79 Å². The minimum atomic E-state index is -0.269. The first kappa shape index (κ1) is 8.35. The van der Waals surface area contributed by atoms with Gasteiger partial charge in [-0.3, -0.25) is 4.39 Å². The topological polar surface area (TPSA) is 18.5 Å². The summed E-state index contributed by atoms with van der Waals surface area (Å²) in [6, 6.07) is 5.73. The minimum Gasteiger partial charge on any atom is -0.454 e. The van der Waals surface area contributed by atoms with Gasteiger partial charge in [-0.25, -0.2) is 0 Å². The molecule has 1 aromatic rings. The van der Waals surface area contributed by atoms with Gasteiger partial charge >= 0.3 is 0 Å². The second-order valence-corrected chi connectivity index (χ2v) is 2.98. The maximum absolute atomic E-state index is 11.9. The minimum absolute atomic E-state index is 0.269. The molecule has 0 aliphatic carbocycles. The van der Waals surface area contributed by atoms with E-state index < -0.39 is 0 Å². The van der Waals surface area contributed by atoms with Gasteiger partial charge in [0.25, 0.3) is 0 Å². The van der Waals surface area contributed by atoms with Gasteiger partial charge < -0.3 is 9.47 Å². The molecule has 1 aliphatic rings. The third-order valence-corrected chi connectivity index (χ3v) is 2.04. The predicted octanol–water partition coefficient (Wildman–Crippen LogP) is 2.32. The van der Waals surface area contributed by atoms with E-state index >= 15 is 0 Å². The van der Waals surface area contributed by atoms with Crippen LogP contribution in [0.1, 0.15) is 12.0 Å². The van der Waals surface area contributed by atoms with E-state index in [1.807, 2.05) is 18.2 Å². The number of ether oxygens (including phenoxy) is 2. The fourth-order valence-electron chi connectivity index (χ4n) is 1.37. The first-order chi connectivity index (χ1) is 6.40. The van der Waals surface area contributed by atoms with Crippen molar-refractivity contribution in [2.75, 3.05) is 13.5 Å². The molecule has 3 heteroatoms. The van der Waals surface area contributed by atoms with E-state index in [1.165, 1.54) is 0 Å². The van der Waals surface area contributed by atoms with E-state index in [-0.39, 0.29) is 6.67 Å². The highest BCUT2D eigenvalue weighted by Crippen LogP contribution is 2.32. The molecule has 0 aromatic heterocycles. The standard InChI is InChI=1S/C10H11FO2/c11-5-1-2-8-3-4-9-10(6-8)13-7-12-9/h3-4,6H,1-2,5,7H2. The Balaban J connectivity index is 2.12. The van der Waals surface area contributed by atoms with Crippen LogP contribution in [0.2, 0.25) is 0 Å². The molecular formula is C10H11FO2. The number of hydrogen-bond acceptors (Lipinski definition) is 2. The molecule has 1 heterocycles. The van der Waals surface area contributed by atoms with Gasteiger partial charge in [-0.1, -0.05) is 6.07 Å². The number of rotatable bonds is 3. The summed E-state index contributed by atoms with van der Waals surface area (Å²) in [5, 5.41) is 0. The molecule has 1 aliphatic heterocycles. The molecule has 1 aromatic carbocycles. The summed E-state index contributed by atoms with van der Waals surface area (Å²) in [6.45, 7) is 0.0241. The van der Waals surface area contributed by atoms with Gasteiger partial charge in [0.15, 0.2) is 11.5 Å². The van der Waals surface area contributed by atoms with Crippen LogP contribution in [-0.4, -0.2) is 13.5 Å². The van der Waals surface area contributed by atoms with E-state index in [4.69, 9.17) is 9.47 Å². The van der Waals surface area contributed by atoms with E-state index in [0.717, 1.165) is 23.5 Å². The van der Waals surface area contributed by atoms with Crippen molar-refractivity contribution >= 4 is 0 Å². The van der Waals surface area contributed by atoms with Gasteiger partial charge in [-0.05, 0) is 30.5 Å². The number of aryl methyl sites for hydroxylation is 1. The Morgan fingerprint density at radius 2 is 2.08 bits per heavy atom. The van der Waals surface area contributed by atoms with Crippen LogP contribution in [0, 0.1) is 0 Å². The van der Waals surface area contributed by atoms with Crippen LogP contribution in [-0.2, 0) is 6.42 Å². The zero-order valence-corrected chi connectivity index (χ0v) is 7.25. The molecule has 0 saturated heterocycles. The van der Waals surface area contributed by atoms with Crippen molar-refractivity contribution in [3.05, 3.63) is 23.8 Å². The van der Waals surface area contributed by atoms with Gasteiger partial charge in [0, 0.05) is 0 Å². The lowest BCUT2D eigenvalue weighted by molar-refractivity contribution is 0.174. The lowest BCUT2D eigenvalue weighted by Gasteiger charge is -2.00. The quantitative estimate of drug-likeness (QED) is 0.714. The van der Waals surface area contributed by atoms with Gasteiger partial charge in [-0.15, -0.1) is 0 Å². The van der Waals surface area contributed by atoms with Crippen LogP contribution >= 0.6 is 0 Å². The fraction of sp³-hybridized carbons (Fsp3) is 0.400. The molecule has 0 spiro atoms. The van der Waals surface area contributed by atoms with Gasteiger partial charge in [0.05, 0.1) is 6.67 Å². The van der Waals surface area contributed by atoms with E-state index in [2.05, 4.69) is 0 Å². The lowest BCUT2D eigenvalue weighted by atomic mass is 10.1. The number of hydrogen-bond donors (Lipinski definition) is 0. The highest BCUT2D eigenvalue weighted by atomic mass is 19.1. The Bertz CT molecular complexity index is 299. The Morgan fingerprint density at radius 3 is 2.92 bits per heavy atom. The maximum atomic E-state index is 11.9. The molecule has 0 unspecified atom stereocenters. The molecule has 0 radical (unpaired) electrons. The lowest BCUT2D eigenvalue weighted by Crippen LogP contribution is -1.93. The Kier molecular flexibility index (Phi) is 2.34. The molecule has 0 saturated carbocycles. The number of alkyl halides is 1. The molecule has 0 amide bonds. The molecular weight excluding hydrogens is 171 g/mol. The van der Waals surface area contributed by atoms with E-state index in [1.54, 1.807) is 0 Å². The van der Waals surface area contributed by atoms with Crippen LogP contribution in [0.5, 0.6) is 11.5 Å². The third-order valence-electron chi connectivity index (χ3n) is 2.04. The molecule has 0 bridgehead atoms. The molecule has 2 nitrogen and oxygen atoms in total. The van der Waals surface area contributed by atoms with E-state index in [9.17, 15) is 4.39 Å². The SMILES string of the molecule is FCCCc1ccc2c(c1)OCO2. The Morgan fingerprint density at radius 1 is 1.23 bits per heavy atom. The highest BCUT2D eigenvalue weighted by molar-refractivity contribution is 5.44. The van der Waals surface area contributed by atoms with Crippen LogP contribution in [0.25, 0.3) is 0 Å². The zero-order valence-electron chi connectivity index (χ0n) is 7.25. The summed E-state index contributed by atoms with van der Waals surface area (Å²) >= 11 is 0. The van der Waals surface area contributed by atoms with Crippen molar-refractivity contribution in [3.63, 3.8) is 0 Å². The van der Waals surface area contributed by atoms with Crippen LogP contribution < -0.4 is 9.47 Å². The summed E-state index contributed by atoms with van der Waals surface area (Å²) in [6.07, 6.45) is 1.33. The number of benzene rings is 1. The molecule has 0 fully saturated rings. The average molecular weight is 182 g/mol. The third kappa shape index (κ3) is 1.74. The molecule has 0 N–H and O–H groups in total. The monoisotopic (exact) mass is 182 g/mol. The zero-order chi connectivity index (χ0) is 9.10. The van der Waals surface area contributed by atoms with Crippen molar-refractivity contribution in [3.8, 4) is 11.5 Å². The Hall–Kier alpha value is -1.25. The Labute approximate surface area is 76.3 Å². The van der Waals surface area contributed by atoms with Crippen LogP contribution in [0.4, 0.5) is 4.39 Å². The smallest absolute Gasteiger partial charge is 0.231 e. The average Bonchev–Trinajstić information content (AvgIpc) is 2.61. The maximum Gasteiger partial charge on any atom is 0.231 e. The van der Waals surface area contributed by atoms with Crippen molar-refractivity contribution in [1.82, 2.24) is 0 Å². The molecule has 0 atom stereocenters. The first-order valence-electron chi connectivity index (χ1n) is 4.34. The molecule has 13 heavy (non-hydrogen) atoms.